The van der Waals surface area contributed by atoms with Crippen molar-refractivity contribution in [1.29, 1.82) is 0 Å². The predicted octanol–water partition coefficient (Wildman–Crippen LogP) is 5.55. The van der Waals surface area contributed by atoms with Gasteiger partial charge in [0.15, 0.2) is 6.61 Å². The van der Waals surface area contributed by atoms with Crippen molar-refractivity contribution >= 4 is 11.8 Å². The second-order valence-electron chi connectivity index (χ2n) is 9.58. The van der Waals surface area contributed by atoms with Crippen LogP contribution in [-0.4, -0.2) is 35.4 Å². The number of nitrogens with one attached hydrogen (secondary N) is 1. The lowest BCUT2D eigenvalue weighted by atomic mass is 10.0. The summed E-state index contributed by atoms with van der Waals surface area (Å²) in [5, 5.41) is 3.10. The molecule has 0 fully saturated rings. The first-order valence-electron chi connectivity index (χ1n) is 12.7. The van der Waals surface area contributed by atoms with E-state index in [9.17, 15) is 9.59 Å². The van der Waals surface area contributed by atoms with Gasteiger partial charge in [-0.3, -0.25) is 9.59 Å². The Balaban J connectivity index is 1.93. The summed E-state index contributed by atoms with van der Waals surface area (Å²) >= 11 is 0. The van der Waals surface area contributed by atoms with Crippen LogP contribution in [0.1, 0.15) is 48.1 Å². The summed E-state index contributed by atoms with van der Waals surface area (Å²) in [6.07, 6.45) is 1.23. The molecule has 0 heterocycles. The van der Waals surface area contributed by atoms with Crippen molar-refractivity contribution in [3.8, 4) is 5.75 Å². The summed E-state index contributed by atoms with van der Waals surface area (Å²) in [7, 11) is 0. The molecule has 0 unspecified atom stereocenters. The lowest BCUT2D eigenvalue weighted by Crippen LogP contribution is -2.53. The molecule has 2 amide bonds. The third-order valence-corrected chi connectivity index (χ3v) is 6.43. The molecule has 3 aromatic rings. The topological polar surface area (TPSA) is 58.6 Å². The van der Waals surface area contributed by atoms with E-state index in [-0.39, 0.29) is 24.5 Å². The summed E-state index contributed by atoms with van der Waals surface area (Å²) < 4.78 is 5.94. The molecule has 0 saturated carbocycles. The van der Waals surface area contributed by atoms with Gasteiger partial charge in [-0.15, -0.1) is 0 Å². The van der Waals surface area contributed by atoms with E-state index in [4.69, 9.17) is 4.74 Å². The number of nitrogens with zero attached hydrogens (tertiary/aromatic N) is 1. The Kier molecular flexibility index (Phi) is 9.69. The highest BCUT2D eigenvalue weighted by Crippen LogP contribution is 2.19. The maximum Gasteiger partial charge on any atom is 0.261 e. The van der Waals surface area contributed by atoms with Crippen molar-refractivity contribution in [3.05, 3.63) is 101 Å². The first-order chi connectivity index (χ1) is 17.3. The monoisotopic (exact) mass is 486 g/mol. The van der Waals surface area contributed by atoms with Crippen LogP contribution >= 0.6 is 0 Å². The molecule has 1 N–H and O–H groups in total. The number of carbonyl (C=O) groups excluding carboxylic acids is 2. The third-order valence-electron chi connectivity index (χ3n) is 6.43. The van der Waals surface area contributed by atoms with Gasteiger partial charge in [-0.1, -0.05) is 67.6 Å². The molecule has 2 atom stereocenters. The Morgan fingerprint density at radius 2 is 1.56 bits per heavy atom. The Morgan fingerprint density at radius 3 is 2.19 bits per heavy atom. The molecule has 0 aliphatic rings. The minimum absolute atomic E-state index is 0.0118. The number of hydrogen-bond acceptors (Lipinski definition) is 3. The van der Waals surface area contributed by atoms with E-state index >= 15 is 0 Å². The highest BCUT2D eigenvalue weighted by molar-refractivity contribution is 5.88. The lowest BCUT2D eigenvalue weighted by molar-refractivity contribution is -0.143. The fraction of sp³-hybridized carbons (Fsp3) is 0.355. The first-order valence-corrected chi connectivity index (χ1v) is 12.7. The maximum atomic E-state index is 13.7. The van der Waals surface area contributed by atoms with Crippen LogP contribution < -0.4 is 10.1 Å². The summed E-state index contributed by atoms with van der Waals surface area (Å²) in [6.45, 7) is 10.2. The lowest BCUT2D eigenvalue weighted by Gasteiger charge is -2.32. The number of benzene rings is 3. The van der Waals surface area contributed by atoms with E-state index in [1.807, 2.05) is 101 Å². The van der Waals surface area contributed by atoms with Gasteiger partial charge in [0, 0.05) is 19.0 Å². The van der Waals surface area contributed by atoms with Crippen LogP contribution in [0.2, 0.25) is 0 Å². The van der Waals surface area contributed by atoms with Gasteiger partial charge >= 0.3 is 0 Å². The van der Waals surface area contributed by atoms with Crippen molar-refractivity contribution in [1.82, 2.24) is 10.2 Å². The van der Waals surface area contributed by atoms with Crippen molar-refractivity contribution in [2.24, 2.45) is 0 Å². The standard InChI is InChI=1S/C31H38N2O3/c1-6-25(5)32-31(35)29(19-26-13-8-7-9-14-26)33(20-27-15-11-10-12-24(27)4)30(34)21-36-28-17-22(2)16-23(3)18-28/h7-18,25,29H,6,19-21H2,1-5H3,(H,32,35)/t25-,29+/m1/s1. The zero-order valence-corrected chi connectivity index (χ0v) is 22.1. The van der Waals surface area contributed by atoms with Gasteiger partial charge in [0.1, 0.15) is 11.8 Å². The number of hydrogen-bond donors (Lipinski definition) is 1. The largest absolute Gasteiger partial charge is 0.484 e. The van der Waals surface area contributed by atoms with Crippen LogP contribution in [-0.2, 0) is 22.6 Å². The van der Waals surface area contributed by atoms with E-state index < -0.39 is 6.04 Å². The second-order valence-corrected chi connectivity index (χ2v) is 9.58. The summed E-state index contributed by atoms with van der Waals surface area (Å²) in [5.41, 5.74) is 5.23. The number of ether oxygens (including phenoxy) is 1. The zero-order chi connectivity index (χ0) is 26.1. The van der Waals surface area contributed by atoms with Crippen molar-refractivity contribution in [2.75, 3.05) is 6.61 Å². The molecule has 3 aromatic carbocycles. The predicted molar refractivity (Wildman–Crippen MR) is 145 cm³/mol. The number of rotatable bonds is 11. The first kappa shape index (κ1) is 27.0. The van der Waals surface area contributed by atoms with E-state index in [2.05, 4.69) is 11.4 Å². The Hall–Kier alpha value is -3.60. The molecule has 0 saturated heterocycles. The smallest absolute Gasteiger partial charge is 0.261 e. The van der Waals surface area contributed by atoms with Crippen molar-refractivity contribution in [2.45, 2.75) is 66.1 Å². The van der Waals surface area contributed by atoms with Gasteiger partial charge in [0.2, 0.25) is 5.91 Å². The molecule has 0 spiro atoms. The molecule has 36 heavy (non-hydrogen) atoms. The quantitative estimate of drug-likeness (QED) is 0.387. The highest BCUT2D eigenvalue weighted by Gasteiger charge is 2.31. The SMILES string of the molecule is CC[C@@H](C)NC(=O)[C@H](Cc1ccccc1)N(Cc1ccccc1C)C(=O)COc1cc(C)cc(C)c1. The second kappa shape index (κ2) is 12.9. The van der Waals surface area contributed by atoms with Crippen molar-refractivity contribution in [3.63, 3.8) is 0 Å². The van der Waals surface area contributed by atoms with E-state index in [0.717, 1.165) is 34.2 Å². The van der Waals surface area contributed by atoms with Gasteiger partial charge in [0.25, 0.3) is 5.91 Å². The summed E-state index contributed by atoms with van der Waals surface area (Å²) in [4.78, 5) is 28.9. The van der Waals surface area contributed by atoms with Gasteiger partial charge in [0.05, 0.1) is 0 Å². The van der Waals surface area contributed by atoms with Crippen LogP contribution in [0.3, 0.4) is 0 Å². The van der Waals surface area contributed by atoms with E-state index in [1.54, 1.807) is 4.90 Å². The Morgan fingerprint density at radius 1 is 0.917 bits per heavy atom. The molecular formula is C31H38N2O3. The van der Waals surface area contributed by atoms with E-state index in [1.165, 1.54) is 0 Å². The summed E-state index contributed by atoms with van der Waals surface area (Å²) in [5.74, 6) is 0.277. The molecule has 0 aliphatic heterocycles. The van der Waals surface area contributed by atoms with E-state index in [0.29, 0.717) is 18.7 Å². The molecule has 3 rings (SSSR count). The average molecular weight is 487 g/mol. The zero-order valence-electron chi connectivity index (χ0n) is 22.1. The van der Waals surface area contributed by atoms with Crippen LogP contribution in [0.4, 0.5) is 0 Å². The molecule has 190 valence electrons. The molecular weight excluding hydrogens is 448 g/mol. The molecule has 5 nitrogen and oxygen atoms in total. The van der Waals surface area contributed by atoms with Crippen LogP contribution in [0.15, 0.2) is 72.8 Å². The number of carbonyl (C=O) groups is 2. The van der Waals surface area contributed by atoms with Crippen LogP contribution in [0.5, 0.6) is 5.75 Å². The molecule has 5 heteroatoms. The normalized spacial score (nSPS) is 12.5. The fourth-order valence-electron chi connectivity index (χ4n) is 4.21. The highest BCUT2D eigenvalue weighted by atomic mass is 16.5. The van der Waals surface area contributed by atoms with Gasteiger partial charge in [-0.2, -0.15) is 0 Å². The van der Waals surface area contributed by atoms with Gasteiger partial charge < -0.3 is 15.0 Å². The summed E-state index contributed by atoms with van der Waals surface area (Å²) in [6, 6.07) is 23.1. The molecule has 0 bridgehead atoms. The molecule has 0 aromatic heterocycles. The van der Waals surface area contributed by atoms with Crippen LogP contribution in [0, 0.1) is 20.8 Å². The van der Waals surface area contributed by atoms with Crippen LogP contribution in [0.25, 0.3) is 0 Å². The van der Waals surface area contributed by atoms with Crippen molar-refractivity contribution < 1.29 is 14.3 Å². The third kappa shape index (κ3) is 7.70. The number of amides is 2. The average Bonchev–Trinajstić information content (AvgIpc) is 2.85. The Labute approximate surface area is 215 Å². The molecule has 0 radical (unpaired) electrons. The van der Waals surface area contributed by atoms with Gasteiger partial charge in [-0.25, -0.2) is 0 Å². The molecule has 0 aliphatic carbocycles. The minimum Gasteiger partial charge on any atom is -0.484 e. The maximum absolute atomic E-state index is 13.7. The Bertz CT molecular complexity index is 1140. The van der Waals surface area contributed by atoms with Gasteiger partial charge in [-0.05, 0) is 74.1 Å². The number of aryl methyl sites for hydroxylation is 3. The fourth-order valence-corrected chi connectivity index (χ4v) is 4.21. The minimum atomic E-state index is -0.670.